The average molecular weight is 396 g/mol. The van der Waals surface area contributed by atoms with Crippen molar-refractivity contribution in [3.8, 4) is 0 Å². The van der Waals surface area contributed by atoms with E-state index < -0.39 is 0 Å². The monoisotopic (exact) mass is 395 g/mol. The lowest BCUT2D eigenvalue weighted by Crippen LogP contribution is -2.22. The second kappa shape index (κ2) is 8.52. The number of hydrogen-bond donors (Lipinski definition) is 2. The minimum atomic E-state index is -0.218. The summed E-state index contributed by atoms with van der Waals surface area (Å²) in [6, 6.07) is 16.1. The SMILES string of the molecule is CC(=O)NCCCC(=O)Nc1ccc(C(C)(C)c2nc3ccccc3s2)cc1. The summed E-state index contributed by atoms with van der Waals surface area (Å²) < 4.78 is 1.19. The highest BCUT2D eigenvalue weighted by Crippen LogP contribution is 2.36. The predicted octanol–water partition coefficient (Wildman–Crippen LogP) is 4.48. The number of carbonyl (C=O) groups is 2. The Morgan fingerprint density at radius 2 is 1.79 bits per heavy atom. The van der Waals surface area contributed by atoms with E-state index in [1.54, 1.807) is 11.3 Å². The third-order valence-corrected chi connectivity index (χ3v) is 6.03. The van der Waals surface area contributed by atoms with Crippen molar-refractivity contribution in [2.75, 3.05) is 11.9 Å². The van der Waals surface area contributed by atoms with Gasteiger partial charge < -0.3 is 10.6 Å². The number of nitrogens with one attached hydrogen (secondary N) is 2. The van der Waals surface area contributed by atoms with E-state index in [4.69, 9.17) is 4.98 Å². The molecule has 3 aromatic rings. The first-order valence-corrected chi connectivity index (χ1v) is 10.2. The van der Waals surface area contributed by atoms with E-state index in [9.17, 15) is 9.59 Å². The number of carbonyl (C=O) groups excluding carboxylic acids is 2. The molecule has 2 amide bonds. The van der Waals surface area contributed by atoms with E-state index in [-0.39, 0.29) is 17.2 Å². The quantitative estimate of drug-likeness (QED) is 0.580. The van der Waals surface area contributed by atoms with Crippen LogP contribution in [0, 0.1) is 0 Å². The van der Waals surface area contributed by atoms with E-state index in [1.807, 2.05) is 42.5 Å². The molecule has 28 heavy (non-hydrogen) atoms. The summed E-state index contributed by atoms with van der Waals surface area (Å²) in [5.74, 6) is -0.129. The Hall–Kier alpha value is -2.73. The standard InChI is InChI=1S/C22H25N3O2S/c1-15(26)23-14-6-9-20(27)24-17-12-10-16(11-13-17)22(2,3)21-25-18-7-4-5-8-19(18)28-21/h4-5,7-8,10-13H,6,9,14H2,1-3H3,(H,23,26)(H,24,27). The van der Waals surface area contributed by atoms with Crippen LogP contribution in [-0.2, 0) is 15.0 Å². The molecule has 5 nitrogen and oxygen atoms in total. The lowest BCUT2D eigenvalue weighted by molar-refractivity contribution is -0.119. The van der Waals surface area contributed by atoms with Crippen LogP contribution in [0.25, 0.3) is 10.2 Å². The normalized spacial score (nSPS) is 11.4. The van der Waals surface area contributed by atoms with Gasteiger partial charge in [0, 0.05) is 31.0 Å². The van der Waals surface area contributed by atoms with E-state index in [0.717, 1.165) is 21.8 Å². The lowest BCUT2D eigenvalue weighted by Gasteiger charge is -2.23. The van der Waals surface area contributed by atoms with E-state index in [1.165, 1.54) is 11.6 Å². The van der Waals surface area contributed by atoms with Crippen molar-refractivity contribution in [3.05, 3.63) is 59.1 Å². The number of aromatic nitrogens is 1. The molecule has 0 bridgehead atoms. The fourth-order valence-corrected chi connectivity index (χ4v) is 4.06. The second-order valence-electron chi connectivity index (χ2n) is 7.32. The van der Waals surface area contributed by atoms with Gasteiger partial charge in [0.05, 0.1) is 10.2 Å². The zero-order valence-electron chi connectivity index (χ0n) is 16.4. The smallest absolute Gasteiger partial charge is 0.224 e. The Bertz CT molecular complexity index is 944. The molecule has 2 N–H and O–H groups in total. The number of thiazole rings is 1. The topological polar surface area (TPSA) is 71.1 Å². The Labute approximate surface area is 169 Å². The van der Waals surface area contributed by atoms with Crippen LogP contribution in [0.4, 0.5) is 5.69 Å². The molecule has 1 aromatic heterocycles. The highest BCUT2D eigenvalue weighted by atomic mass is 32.1. The molecule has 146 valence electrons. The van der Waals surface area contributed by atoms with Crippen molar-refractivity contribution in [2.24, 2.45) is 0 Å². The fourth-order valence-electron chi connectivity index (χ4n) is 2.97. The van der Waals surface area contributed by atoms with Crippen LogP contribution < -0.4 is 10.6 Å². The predicted molar refractivity (Wildman–Crippen MR) is 115 cm³/mol. The van der Waals surface area contributed by atoms with Gasteiger partial charge in [0.1, 0.15) is 5.01 Å². The first kappa shape index (κ1) is 20.0. The van der Waals surface area contributed by atoms with E-state index in [0.29, 0.717) is 19.4 Å². The molecule has 0 spiro atoms. The maximum absolute atomic E-state index is 12.0. The van der Waals surface area contributed by atoms with Gasteiger partial charge in [0.15, 0.2) is 0 Å². The first-order valence-electron chi connectivity index (χ1n) is 9.37. The van der Waals surface area contributed by atoms with Crippen molar-refractivity contribution >= 4 is 39.1 Å². The zero-order chi connectivity index (χ0) is 20.1. The fraction of sp³-hybridized carbons (Fsp3) is 0.318. The molecule has 6 heteroatoms. The van der Waals surface area contributed by atoms with Crippen LogP contribution >= 0.6 is 11.3 Å². The number of para-hydroxylation sites is 1. The number of anilines is 1. The molecule has 0 radical (unpaired) electrons. The molecular formula is C22H25N3O2S. The third kappa shape index (κ3) is 4.75. The molecule has 0 aliphatic heterocycles. The molecule has 0 atom stereocenters. The van der Waals surface area contributed by atoms with Crippen LogP contribution in [0.1, 0.15) is 44.2 Å². The molecule has 0 fully saturated rings. The van der Waals surface area contributed by atoms with Gasteiger partial charge >= 0.3 is 0 Å². The summed E-state index contributed by atoms with van der Waals surface area (Å²) in [5.41, 5.74) is 2.73. The molecule has 2 aromatic carbocycles. The summed E-state index contributed by atoms with van der Waals surface area (Å²) in [6.45, 7) is 6.32. The Morgan fingerprint density at radius 3 is 2.46 bits per heavy atom. The molecule has 0 unspecified atom stereocenters. The van der Waals surface area contributed by atoms with Crippen LogP contribution in [0.5, 0.6) is 0 Å². The van der Waals surface area contributed by atoms with Gasteiger partial charge in [0.2, 0.25) is 11.8 Å². The maximum Gasteiger partial charge on any atom is 0.224 e. The van der Waals surface area contributed by atoms with Gasteiger partial charge in [-0.1, -0.05) is 24.3 Å². The lowest BCUT2D eigenvalue weighted by atomic mass is 9.85. The van der Waals surface area contributed by atoms with Crippen molar-refractivity contribution in [2.45, 2.75) is 39.0 Å². The highest BCUT2D eigenvalue weighted by molar-refractivity contribution is 7.18. The average Bonchev–Trinajstić information content (AvgIpc) is 3.11. The molecule has 0 aliphatic rings. The largest absolute Gasteiger partial charge is 0.356 e. The summed E-state index contributed by atoms with van der Waals surface area (Å²) >= 11 is 1.72. The number of amides is 2. The Balaban J connectivity index is 1.64. The van der Waals surface area contributed by atoms with Gasteiger partial charge in [-0.3, -0.25) is 9.59 Å². The van der Waals surface area contributed by atoms with Crippen molar-refractivity contribution < 1.29 is 9.59 Å². The van der Waals surface area contributed by atoms with Gasteiger partial charge in [-0.25, -0.2) is 4.98 Å². The second-order valence-corrected chi connectivity index (χ2v) is 8.35. The van der Waals surface area contributed by atoms with Crippen LogP contribution in [0.15, 0.2) is 48.5 Å². The highest BCUT2D eigenvalue weighted by Gasteiger charge is 2.27. The summed E-state index contributed by atoms with van der Waals surface area (Å²) in [5, 5.41) is 6.67. The minimum Gasteiger partial charge on any atom is -0.356 e. The molecule has 0 saturated heterocycles. The Kier molecular flexibility index (Phi) is 6.09. The number of rotatable bonds is 7. The molecule has 1 heterocycles. The summed E-state index contributed by atoms with van der Waals surface area (Å²) in [4.78, 5) is 27.7. The molecule has 0 aliphatic carbocycles. The van der Waals surface area contributed by atoms with Crippen molar-refractivity contribution in [1.82, 2.24) is 10.3 Å². The van der Waals surface area contributed by atoms with Gasteiger partial charge in [-0.2, -0.15) is 0 Å². The van der Waals surface area contributed by atoms with E-state index >= 15 is 0 Å². The number of nitrogens with zero attached hydrogens (tertiary/aromatic N) is 1. The minimum absolute atomic E-state index is 0.0523. The van der Waals surface area contributed by atoms with Gasteiger partial charge in [-0.15, -0.1) is 11.3 Å². The van der Waals surface area contributed by atoms with Gasteiger partial charge in [0.25, 0.3) is 0 Å². The van der Waals surface area contributed by atoms with Crippen LogP contribution in [0.3, 0.4) is 0 Å². The van der Waals surface area contributed by atoms with E-state index in [2.05, 4.69) is 30.5 Å². The van der Waals surface area contributed by atoms with Crippen molar-refractivity contribution in [3.63, 3.8) is 0 Å². The number of benzene rings is 2. The summed E-state index contributed by atoms with van der Waals surface area (Å²) in [6.07, 6.45) is 0.993. The molecular weight excluding hydrogens is 370 g/mol. The summed E-state index contributed by atoms with van der Waals surface area (Å²) in [7, 11) is 0. The third-order valence-electron chi connectivity index (χ3n) is 4.67. The first-order chi connectivity index (χ1) is 13.4. The number of fused-ring (bicyclic) bond motifs is 1. The van der Waals surface area contributed by atoms with Gasteiger partial charge in [-0.05, 0) is 50.1 Å². The maximum atomic E-state index is 12.0. The number of hydrogen-bond acceptors (Lipinski definition) is 4. The van der Waals surface area contributed by atoms with Crippen LogP contribution in [0.2, 0.25) is 0 Å². The molecule has 0 saturated carbocycles. The zero-order valence-corrected chi connectivity index (χ0v) is 17.2. The van der Waals surface area contributed by atoms with Crippen molar-refractivity contribution in [1.29, 1.82) is 0 Å². The molecule has 3 rings (SSSR count). The van der Waals surface area contributed by atoms with Crippen LogP contribution in [-0.4, -0.2) is 23.3 Å². The Morgan fingerprint density at radius 1 is 1.07 bits per heavy atom.